The van der Waals surface area contributed by atoms with Crippen molar-refractivity contribution in [3.05, 3.63) is 242 Å². The van der Waals surface area contributed by atoms with Crippen LogP contribution >= 0.6 is 0 Å². The van der Waals surface area contributed by atoms with Gasteiger partial charge in [0.05, 0.1) is 0 Å². The van der Waals surface area contributed by atoms with Gasteiger partial charge in [0, 0.05) is 17.3 Å². The lowest BCUT2D eigenvalue weighted by atomic mass is 9.41. The molecule has 11 rings (SSSR count). The zero-order chi connectivity index (χ0) is 48.9. The maximum atomic E-state index is 4.44. The average Bonchev–Trinajstić information content (AvgIpc) is 3.64. The fourth-order valence-corrected chi connectivity index (χ4v) is 13.7. The summed E-state index contributed by atoms with van der Waals surface area (Å²) in [5.41, 5.74) is 26.9. The zero-order valence-corrected chi connectivity index (χ0v) is 43.3. The molecule has 70 heavy (non-hydrogen) atoms. The van der Waals surface area contributed by atoms with E-state index in [0.29, 0.717) is 11.8 Å². The average molecular weight is 909 g/mol. The molecule has 0 aromatic heterocycles. The van der Waals surface area contributed by atoms with Gasteiger partial charge in [-0.2, -0.15) is 0 Å². The van der Waals surface area contributed by atoms with Crippen LogP contribution in [0.5, 0.6) is 0 Å². The third-order valence-corrected chi connectivity index (χ3v) is 17.5. The van der Waals surface area contributed by atoms with E-state index in [1.807, 2.05) is 0 Å². The smallest absolute Gasteiger partial charge is 0.0296 e. The first kappa shape index (κ1) is 45.7. The molecule has 0 heterocycles. The Labute approximate surface area is 417 Å². The minimum atomic E-state index is -0.0338. The van der Waals surface area contributed by atoms with E-state index in [1.165, 1.54) is 143 Å². The van der Waals surface area contributed by atoms with Crippen LogP contribution in [0, 0.1) is 20.8 Å². The number of hydrogen-bond donors (Lipinski definition) is 0. The summed E-state index contributed by atoms with van der Waals surface area (Å²) < 4.78 is 0. The normalized spacial score (nSPS) is 19.1. The van der Waals surface area contributed by atoms with Gasteiger partial charge in [0.15, 0.2) is 0 Å². The van der Waals surface area contributed by atoms with Crippen LogP contribution in [0.1, 0.15) is 147 Å². The standard InChI is InChI=1S/C70H68/c1-13-17-30-63-53(16-4)68-65-44(9)32-57-46(11)66-61-37-50-28-22-21-27-49(50)36-60(61)52(39-62(66)67(57)69(65)70(63,68)12)33-51-38-58(45(10)56-34-47-25-19-20-26-48(47)35-59(51)56)64(41(6)15-3)55(40(5)14-2)31-43(8)54-29-23-18-24-42(54)7/h15-30,32,34-39,43,46,68H,3-4,13-14,31,33H2,1-2,5-12H3/b30-17-,55-40-,64-41+. The van der Waals surface area contributed by atoms with Crippen molar-refractivity contribution in [2.75, 3.05) is 0 Å². The first-order valence-electron chi connectivity index (χ1n) is 26.1. The zero-order valence-electron chi connectivity index (χ0n) is 43.3. The number of rotatable bonds is 12. The molecule has 3 aliphatic carbocycles. The van der Waals surface area contributed by atoms with Gasteiger partial charge in [0.25, 0.3) is 0 Å². The number of fused-ring (bicyclic) bond motifs is 13. The van der Waals surface area contributed by atoms with Crippen LogP contribution in [0.3, 0.4) is 0 Å². The summed E-state index contributed by atoms with van der Waals surface area (Å²) in [4.78, 5) is 0. The van der Waals surface area contributed by atoms with Gasteiger partial charge in [0.2, 0.25) is 0 Å². The van der Waals surface area contributed by atoms with Gasteiger partial charge < -0.3 is 0 Å². The van der Waals surface area contributed by atoms with Crippen molar-refractivity contribution in [3.63, 3.8) is 0 Å². The second-order valence-electron chi connectivity index (χ2n) is 21.4. The van der Waals surface area contributed by atoms with Crippen LogP contribution < -0.4 is 0 Å². The van der Waals surface area contributed by atoms with Crippen molar-refractivity contribution >= 4 is 48.7 Å². The third kappa shape index (κ3) is 6.69. The predicted molar refractivity (Wildman–Crippen MR) is 305 cm³/mol. The third-order valence-electron chi connectivity index (χ3n) is 17.5. The highest BCUT2D eigenvalue weighted by atomic mass is 14.6. The second-order valence-corrected chi connectivity index (χ2v) is 21.4. The lowest BCUT2D eigenvalue weighted by molar-refractivity contribution is 0.366. The summed E-state index contributed by atoms with van der Waals surface area (Å²) in [6, 6.07) is 44.6. The molecule has 0 amide bonds. The highest BCUT2D eigenvalue weighted by Gasteiger charge is 2.61. The highest BCUT2D eigenvalue weighted by molar-refractivity contribution is 6.08. The molecule has 0 N–H and O–H groups in total. The van der Waals surface area contributed by atoms with E-state index in [-0.39, 0.29) is 11.3 Å². The maximum Gasteiger partial charge on any atom is 0.0296 e. The van der Waals surface area contributed by atoms with Gasteiger partial charge in [-0.3, -0.25) is 0 Å². The Hall–Kier alpha value is -6.76. The molecule has 4 atom stereocenters. The maximum absolute atomic E-state index is 4.44. The Morgan fingerprint density at radius 3 is 1.93 bits per heavy atom. The Kier molecular flexibility index (Phi) is 11.3. The van der Waals surface area contributed by atoms with E-state index < -0.39 is 0 Å². The molecule has 0 aliphatic heterocycles. The van der Waals surface area contributed by atoms with E-state index in [2.05, 4.69) is 222 Å². The topological polar surface area (TPSA) is 0 Å². The molecule has 0 saturated heterocycles. The predicted octanol–water partition coefficient (Wildman–Crippen LogP) is 19.6. The Bertz CT molecular complexity index is 3700. The molecule has 8 aromatic rings. The Morgan fingerprint density at radius 2 is 1.31 bits per heavy atom. The number of aryl methyl sites for hydroxylation is 3. The van der Waals surface area contributed by atoms with Crippen molar-refractivity contribution in [3.8, 4) is 11.1 Å². The molecule has 4 unspecified atom stereocenters. The minimum absolute atomic E-state index is 0.0338. The molecule has 348 valence electrons. The van der Waals surface area contributed by atoms with Gasteiger partial charge in [-0.25, -0.2) is 0 Å². The second kappa shape index (κ2) is 17.3. The number of hydrogen-bond acceptors (Lipinski definition) is 0. The molecule has 0 saturated carbocycles. The first-order valence-corrected chi connectivity index (χ1v) is 26.1. The summed E-state index contributed by atoms with van der Waals surface area (Å²) in [6.07, 6.45) is 12.8. The van der Waals surface area contributed by atoms with E-state index in [4.69, 9.17) is 0 Å². The van der Waals surface area contributed by atoms with Crippen molar-refractivity contribution in [1.82, 2.24) is 0 Å². The summed E-state index contributed by atoms with van der Waals surface area (Å²) in [5, 5.41) is 10.6. The quantitative estimate of drug-likeness (QED) is 0.0846. The SMILES string of the molecule is C=CC1=C(/C=C\CC)C2(C)c3c4c(cc(C)c3C12)C(C)c1c-4cc(Cc2cc(C(=C(\C)C=C)/C(CC(C)c3ccccc3C)=C(/C)CC)c(C)c3cc4ccccc4cc23)c2cc3ccccc3cc12. The van der Waals surface area contributed by atoms with Crippen LogP contribution in [0.15, 0.2) is 181 Å². The van der Waals surface area contributed by atoms with Crippen molar-refractivity contribution in [2.24, 2.45) is 0 Å². The Morgan fingerprint density at radius 1 is 0.714 bits per heavy atom. The van der Waals surface area contributed by atoms with Crippen LogP contribution in [-0.4, -0.2) is 0 Å². The van der Waals surface area contributed by atoms with Crippen LogP contribution in [0.2, 0.25) is 0 Å². The molecular weight excluding hydrogens is 841 g/mol. The minimum Gasteiger partial charge on any atom is -0.0988 e. The van der Waals surface area contributed by atoms with Gasteiger partial charge in [-0.05, 0) is 246 Å². The van der Waals surface area contributed by atoms with Gasteiger partial charge >= 0.3 is 0 Å². The monoisotopic (exact) mass is 909 g/mol. The molecule has 0 heteroatoms. The van der Waals surface area contributed by atoms with Crippen LogP contribution in [0.4, 0.5) is 0 Å². The van der Waals surface area contributed by atoms with E-state index in [0.717, 1.165) is 25.7 Å². The molecule has 8 aromatic carbocycles. The van der Waals surface area contributed by atoms with Gasteiger partial charge in [-0.1, -0.05) is 157 Å². The van der Waals surface area contributed by atoms with Gasteiger partial charge in [0.1, 0.15) is 0 Å². The number of benzene rings is 8. The molecular formula is C70H68. The van der Waals surface area contributed by atoms with Crippen LogP contribution in [0.25, 0.3) is 59.8 Å². The van der Waals surface area contributed by atoms with E-state index in [9.17, 15) is 0 Å². The largest absolute Gasteiger partial charge is 0.0988 e. The lowest BCUT2D eigenvalue weighted by Gasteiger charge is -2.61. The van der Waals surface area contributed by atoms with Crippen LogP contribution in [-0.2, 0) is 11.8 Å². The molecule has 0 spiro atoms. The summed E-state index contributed by atoms with van der Waals surface area (Å²) >= 11 is 0. The Balaban J connectivity index is 1.17. The van der Waals surface area contributed by atoms with Crippen molar-refractivity contribution < 1.29 is 0 Å². The fourth-order valence-electron chi connectivity index (χ4n) is 13.7. The van der Waals surface area contributed by atoms with Crippen molar-refractivity contribution in [1.29, 1.82) is 0 Å². The first-order chi connectivity index (χ1) is 33.8. The fraction of sp³-hybridized carbons (Fsp3) is 0.257. The lowest BCUT2D eigenvalue weighted by Crippen LogP contribution is -2.52. The van der Waals surface area contributed by atoms with Gasteiger partial charge in [-0.15, -0.1) is 0 Å². The molecule has 0 fully saturated rings. The summed E-state index contributed by atoms with van der Waals surface area (Å²) in [5.74, 6) is 1.02. The van der Waals surface area contributed by atoms with E-state index >= 15 is 0 Å². The molecule has 0 radical (unpaired) electrons. The molecule has 0 nitrogen and oxygen atoms in total. The summed E-state index contributed by atoms with van der Waals surface area (Å²) in [6.45, 7) is 32.4. The highest BCUT2D eigenvalue weighted by Crippen LogP contribution is 2.72. The molecule has 3 aliphatic rings. The number of allylic oxidation sites excluding steroid dienone is 10. The van der Waals surface area contributed by atoms with E-state index in [1.54, 1.807) is 5.56 Å². The van der Waals surface area contributed by atoms with Crippen molar-refractivity contribution in [2.45, 2.75) is 118 Å². The molecule has 0 bridgehead atoms. The summed E-state index contributed by atoms with van der Waals surface area (Å²) in [7, 11) is 0.